The van der Waals surface area contributed by atoms with Crippen molar-refractivity contribution in [3.05, 3.63) is 35.4 Å². The highest BCUT2D eigenvalue weighted by atomic mass is 15.2. The van der Waals surface area contributed by atoms with Gasteiger partial charge in [0.15, 0.2) is 0 Å². The summed E-state index contributed by atoms with van der Waals surface area (Å²) in [5, 5.41) is 0. The molecule has 0 bridgehead atoms. The van der Waals surface area contributed by atoms with Gasteiger partial charge in [0.2, 0.25) is 0 Å². The maximum absolute atomic E-state index is 6.10. The number of hydrogen-bond acceptors (Lipinski definition) is 2. The minimum atomic E-state index is 0.396. The molecule has 0 aliphatic heterocycles. The average molecular weight is 260 g/mol. The van der Waals surface area contributed by atoms with Crippen LogP contribution in [0.25, 0.3) is 0 Å². The molecule has 1 saturated carbocycles. The molecule has 1 atom stereocenters. The van der Waals surface area contributed by atoms with E-state index in [0.29, 0.717) is 6.04 Å². The van der Waals surface area contributed by atoms with Gasteiger partial charge in [0.05, 0.1) is 0 Å². The molecule has 106 valence electrons. The smallest absolute Gasteiger partial charge is 0.0476 e. The first kappa shape index (κ1) is 14.5. The molecule has 1 unspecified atom stereocenters. The van der Waals surface area contributed by atoms with E-state index in [9.17, 15) is 0 Å². The van der Waals surface area contributed by atoms with Crippen LogP contribution in [0.15, 0.2) is 24.3 Å². The van der Waals surface area contributed by atoms with Crippen LogP contribution in [0.5, 0.6) is 0 Å². The zero-order valence-corrected chi connectivity index (χ0v) is 12.6. The maximum Gasteiger partial charge on any atom is 0.0476 e. The Labute approximate surface area is 118 Å². The molecule has 0 radical (unpaired) electrons. The summed E-state index contributed by atoms with van der Waals surface area (Å²) in [5.74, 6) is 0.761. The number of aryl methyl sites for hydroxylation is 1. The number of hydrogen-bond donors (Lipinski definition) is 1. The quantitative estimate of drug-likeness (QED) is 0.813. The summed E-state index contributed by atoms with van der Waals surface area (Å²) in [7, 11) is 0. The van der Waals surface area contributed by atoms with Crippen molar-refractivity contribution in [2.24, 2.45) is 11.7 Å². The summed E-state index contributed by atoms with van der Waals surface area (Å²) >= 11 is 0. The van der Waals surface area contributed by atoms with E-state index in [1.165, 1.54) is 36.9 Å². The third-order valence-electron chi connectivity index (χ3n) is 4.15. The highest BCUT2D eigenvalue weighted by molar-refractivity contribution is 5.29. The van der Waals surface area contributed by atoms with Crippen molar-refractivity contribution in [2.75, 3.05) is 13.1 Å². The van der Waals surface area contributed by atoms with E-state index >= 15 is 0 Å². The molecular formula is C17H28N2. The standard InChI is InChI=1S/C17H28N2/c1-13(2)10-11-19(15-8-9-15)17(12-18)16-7-5-4-6-14(16)3/h4-7,13,15,17H,8-12,18H2,1-3H3. The Bertz CT molecular complexity index is 396. The van der Waals surface area contributed by atoms with Gasteiger partial charge in [0.25, 0.3) is 0 Å². The summed E-state index contributed by atoms with van der Waals surface area (Å²) in [6, 6.07) is 9.86. The molecule has 2 heteroatoms. The van der Waals surface area contributed by atoms with Gasteiger partial charge in [-0.15, -0.1) is 0 Å². The van der Waals surface area contributed by atoms with E-state index in [1.54, 1.807) is 0 Å². The van der Waals surface area contributed by atoms with Crippen LogP contribution in [0.2, 0.25) is 0 Å². The van der Waals surface area contributed by atoms with Crippen molar-refractivity contribution in [2.45, 2.75) is 52.1 Å². The molecule has 0 saturated heterocycles. The Kier molecular flexibility index (Phi) is 5.00. The molecule has 0 spiro atoms. The van der Waals surface area contributed by atoms with E-state index in [-0.39, 0.29) is 0 Å². The molecule has 1 aliphatic carbocycles. The Morgan fingerprint density at radius 2 is 1.95 bits per heavy atom. The lowest BCUT2D eigenvalue weighted by Crippen LogP contribution is -2.37. The first-order valence-electron chi connectivity index (χ1n) is 7.64. The number of nitrogens with zero attached hydrogens (tertiary/aromatic N) is 1. The number of nitrogens with two attached hydrogens (primary N) is 1. The molecule has 0 aromatic heterocycles. The van der Waals surface area contributed by atoms with Crippen LogP contribution in [0, 0.1) is 12.8 Å². The van der Waals surface area contributed by atoms with Crippen LogP contribution in [-0.4, -0.2) is 24.0 Å². The zero-order chi connectivity index (χ0) is 13.8. The first-order valence-corrected chi connectivity index (χ1v) is 7.64. The first-order chi connectivity index (χ1) is 9.13. The van der Waals surface area contributed by atoms with Gasteiger partial charge in [-0.3, -0.25) is 4.90 Å². The zero-order valence-electron chi connectivity index (χ0n) is 12.6. The molecule has 1 aliphatic rings. The summed E-state index contributed by atoms with van der Waals surface area (Å²) < 4.78 is 0. The lowest BCUT2D eigenvalue weighted by atomic mass is 9.99. The fourth-order valence-corrected chi connectivity index (χ4v) is 2.81. The summed E-state index contributed by atoms with van der Waals surface area (Å²) in [5.41, 5.74) is 8.89. The van der Waals surface area contributed by atoms with Gasteiger partial charge < -0.3 is 5.73 Å². The second-order valence-corrected chi connectivity index (χ2v) is 6.26. The van der Waals surface area contributed by atoms with Gasteiger partial charge >= 0.3 is 0 Å². The monoisotopic (exact) mass is 260 g/mol. The minimum Gasteiger partial charge on any atom is -0.329 e. The Morgan fingerprint density at radius 1 is 1.26 bits per heavy atom. The van der Waals surface area contributed by atoms with Gasteiger partial charge in [0.1, 0.15) is 0 Å². The van der Waals surface area contributed by atoms with Gasteiger partial charge in [0, 0.05) is 18.6 Å². The van der Waals surface area contributed by atoms with Crippen LogP contribution >= 0.6 is 0 Å². The average Bonchev–Trinajstić information content (AvgIpc) is 3.20. The summed E-state index contributed by atoms with van der Waals surface area (Å²) in [4.78, 5) is 2.66. The predicted molar refractivity (Wildman–Crippen MR) is 82.2 cm³/mol. The van der Waals surface area contributed by atoms with Crippen LogP contribution in [0.3, 0.4) is 0 Å². The van der Waals surface area contributed by atoms with E-state index in [1.807, 2.05) is 0 Å². The molecule has 2 N–H and O–H groups in total. The van der Waals surface area contributed by atoms with E-state index in [0.717, 1.165) is 18.5 Å². The highest BCUT2D eigenvalue weighted by Gasteiger charge is 2.34. The summed E-state index contributed by atoms with van der Waals surface area (Å²) in [6.45, 7) is 8.70. The molecule has 1 fully saturated rings. The normalized spacial score (nSPS) is 17.2. The van der Waals surface area contributed by atoms with E-state index in [4.69, 9.17) is 5.73 Å². The van der Waals surface area contributed by atoms with E-state index in [2.05, 4.69) is 49.9 Å². The second kappa shape index (κ2) is 6.53. The third kappa shape index (κ3) is 3.80. The van der Waals surface area contributed by atoms with Gasteiger partial charge in [-0.2, -0.15) is 0 Å². The molecule has 0 amide bonds. The number of rotatable bonds is 7. The SMILES string of the molecule is Cc1ccccc1C(CN)N(CCC(C)C)C1CC1. The van der Waals surface area contributed by atoms with E-state index < -0.39 is 0 Å². The number of benzene rings is 1. The Morgan fingerprint density at radius 3 is 2.47 bits per heavy atom. The van der Waals surface area contributed by atoms with Crippen molar-refractivity contribution < 1.29 is 0 Å². The molecule has 1 aromatic carbocycles. The maximum atomic E-state index is 6.10. The topological polar surface area (TPSA) is 29.3 Å². The van der Waals surface area contributed by atoms with Gasteiger partial charge in [-0.1, -0.05) is 38.1 Å². The second-order valence-electron chi connectivity index (χ2n) is 6.26. The fourth-order valence-electron chi connectivity index (χ4n) is 2.81. The van der Waals surface area contributed by atoms with Gasteiger partial charge in [-0.25, -0.2) is 0 Å². The van der Waals surface area contributed by atoms with Crippen molar-refractivity contribution in [3.63, 3.8) is 0 Å². The summed E-state index contributed by atoms with van der Waals surface area (Å²) in [6.07, 6.45) is 3.96. The molecule has 0 heterocycles. The van der Waals surface area contributed by atoms with Crippen molar-refractivity contribution in [1.82, 2.24) is 4.90 Å². The lowest BCUT2D eigenvalue weighted by molar-refractivity contribution is 0.180. The predicted octanol–water partition coefficient (Wildman–Crippen LogP) is 3.51. The van der Waals surface area contributed by atoms with Crippen LogP contribution in [0.4, 0.5) is 0 Å². The Hall–Kier alpha value is -0.860. The Balaban J connectivity index is 2.15. The van der Waals surface area contributed by atoms with Crippen molar-refractivity contribution in [1.29, 1.82) is 0 Å². The largest absolute Gasteiger partial charge is 0.329 e. The third-order valence-corrected chi connectivity index (χ3v) is 4.15. The van der Waals surface area contributed by atoms with Crippen molar-refractivity contribution in [3.8, 4) is 0 Å². The van der Waals surface area contributed by atoms with Crippen LogP contribution < -0.4 is 5.73 Å². The van der Waals surface area contributed by atoms with Crippen molar-refractivity contribution >= 4 is 0 Å². The van der Waals surface area contributed by atoms with Gasteiger partial charge in [-0.05, 0) is 49.8 Å². The molecule has 1 aromatic rings. The minimum absolute atomic E-state index is 0.396. The lowest BCUT2D eigenvalue weighted by Gasteiger charge is -2.33. The molecule has 2 rings (SSSR count). The highest BCUT2D eigenvalue weighted by Crippen LogP contribution is 2.35. The van der Waals surface area contributed by atoms with Crippen LogP contribution in [-0.2, 0) is 0 Å². The fraction of sp³-hybridized carbons (Fsp3) is 0.647. The van der Waals surface area contributed by atoms with Crippen LogP contribution in [0.1, 0.15) is 50.3 Å². The molecule has 19 heavy (non-hydrogen) atoms. The molecule has 2 nitrogen and oxygen atoms in total. The molecular weight excluding hydrogens is 232 g/mol.